The molecule has 0 unspecified atom stereocenters. The highest BCUT2D eigenvalue weighted by molar-refractivity contribution is 6.74. The molecule has 3 nitrogen and oxygen atoms in total. The minimum Gasteiger partial charge on any atom is -0.414 e. The second-order valence-corrected chi connectivity index (χ2v) is 12.5. The lowest BCUT2D eigenvalue weighted by Crippen LogP contribution is -2.45. The van der Waals surface area contributed by atoms with Gasteiger partial charge in [-0.2, -0.15) is 0 Å². The fraction of sp³-hybridized carbons (Fsp3) is 0.824. The minimum atomic E-state index is -1.80. The second kappa shape index (κ2) is 7.10. The summed E-state index contributed by atoms with van der Waals surface area (Å²) in [4.78, 5) is 14.3. The molecule has 0 aliphatic carbocycles. The van der Waals surface area contributed by atoms with Gasteiger partial charge in [0.1, 0.15) is 0 Å². The number of carbonyl (C=O) groups excluding carboxylic acids is 1. The van der Waals surface area contributed by atoms with Crippen molar-refractivity contribution in [3.8, 4) is 0 Å². The van der Waals surface area contributed by atoms with Crippen LogP contribution in [0.2, 0.25) is 18.1 Å². The highest BCUT2D eigenvalue weighted by Gasteiger charge is 2.39. The first-order valence-electron chi connectivity index (χ1n) is 8.16. The van der Waals surface area contributed by atoms with Crippen LogP contribution in [0.3, 0.4) is 0 Å². The van der Waals surface area contributed by atoms with Crippen LogP contribution in [0, 0.1) is 5.92 Å². The van der Waals surface area contributed by atoms with Crippen molar-refractivity contribution in [2.75, 3.05) is 13.1 Å². The van der Waals surface area contributed by atoms with Crippen LogP contribution in [0.5, 0.6) is 0 Å². The van der Waals surface area contributed by atoms with E-state index in [-0.39, 0.29) is 23.0 Å². The summed E-state index contributed by atoms with van der Waals surface area (Å²) in [5, 5.41) is 0.186. The van der Waals surface area contributed by atoms with Gasteiger partial charge < -0.3 is 9.33 Å². The number of amides is 1. The summed E-state index contributed by atoms with van der Waals surface area (Å²) in [6, 6.07) is 0. The van der Waals surface area contributed by atoms with Crippen LogP contribution in [-0.2, 0) is 9.22 Å². The molecule has 1 rings (SSSR count). The van der Waals surface area contributed by atoms with Crippen LogP contribution < -0.4 is 0 Å². The van der Waals surface area contributed by atoms with Gasteiger partial charge in [-0.25, -0.2) is 0 Å². The van der Waals surface area contributed by atoms with Gasteiger partial charge in [-0.15, -0.1) is 6.58 Å². The van der Waals surface area contributed by atoms with E-state index >= 15 is 0 Å². The van der Waals surface area contributed by atoms with Gasteiger partial charge in [0.2, 0.25) is 5.91 Å². The lowest BCUT2D eigenvalue weighted by molar-refractivity contribution is -0.131. The van der Waals surface area contributed by atoms with Gasteiger partial charge in [0.15, 0.2) is 8.32 Å². The molecule has 2 atom stereocenters. The Morgan fingerprint density at radius 2 is 1.86 bits per heavy atom. The average Bonchev–Trinajstić information content (AvgIpc) is 2.87. The van der Waals surface area contributed by atoms with E-state index < -0.39 is 8.32 Å². The smallest absolute Gasteiger partial charge is 0.223 e. The van der Waals surface area contributed by atoms with E-state index in [1.807, 2.05) is 11.0 Å². The SMILES string of the molecule is C=C[C@H](CC(=O)N1CCCC1)[C@H](C)O[Si](C)(C)C(C)(C)C. The van der Waals surface area contributed by atoms with Crippen LogP contribution in [0.15, 0.2) is 12.7 Å². The quantitative estimate of drug-likeness (QED) is 0.543. The van der Waals surface area contributed by atoms with E-state index in [9.17, 15) is 4.79 Å². The van der Waals surface area contributed by atoms with E-state index in [2.05, 4.69) is 47.4 Å². The molecule has 0 saturated carbocycles. The zero-order chi connectivity index (χ0) is 16.3. The summed E-state index contributed by atoms with van der Waals surface area (Å²) < 4.78 is 6.42. The van der Waals surface area contributed by atoms with Gasteiger partial charge >= 0.3 is 0 Å². The van der Waals surface area contributed by atoms with Crippen molar-refractivity contribution in [2.24, 2.45) is 5.92 Å². The molecule has 1 amide bonds. The van der Waals surface area contributed by atoms with E-state index in [1.165, 1.54) is 0 Å². The molecule has 0 spiro atoms. The number of rotatable bonds is 6. The zero-order valence-electron chi connectivity index (χ0n) is 14.7. The molecule has 21 heavy (non-hydrogen) atoms. The van der Waals surface area contributed by atoms with E-state index in [0.717, 1.165) is 25.9 Å². The molecule has 0 N–H and O–H groups in total. The van der Waals surface area contributed by atoms with Crippen LogP contribution in [-0.4, -0.2) is 38.3 Å². The number of nitrogens with zero attached hydrogens (tertiary/aromatic N) is 1. The summed E-state index contributed by atoms with van der Waals surface area (Å²) >= 11 is 0. The predicted molar refractivity (Wildman–Crippen MR) is 91.9 cm³/mol. The van der Waals surface area contributed by atoms with Crippen molar-refractivity contribution in [1.82, 2.24) is 4.90 Å². The molecular formula is C17H33NO2Si. The molecule has 1 fully saturated rings. The van der Waals surface area contributed by atoms with Gasteiger partial charge in [-0.05, 0) is 37.9 Å². The Balaban J connectivity index is 2.62. The second-order valence-electron chi connectivity index (χ2n) is 7.77. The standard InChI is InChI=1S/C17H33NO2Si/c1-8-15(13-16(19)18-11-9-10-12-18)14(2)20-21(6,7)17(3,4)5/h8,14-15H,1,9-13H2,2-7H3/t14-,15+/m0/s1. The van der Waals surface area contributed by atoms with Crippen molar-refractivity contribution < 1.29 is 9.22 Å². The Morgan fingerprint density at radius 3 is 2.29 bits per heavy atom. The average molecular weight is 312 g/mol. The first-order chi connectivity index (χ1) is 9.58. The Hall–Kier alpha value is -0.613. The van der Waals surface area contributed by atoms with Crippen LogP contribution in [0.25, 0.3) is 0 Å². The third-order valence-electron chi connectivity index (χ3n) is 5.06. The molecule has 0 aromatic carbocycles. The molecule has 0 aromatic heterocycles. The zero-order valence-corrected chi connectivity index (χ0v) is 15.7. The van der Waals surface area contributed by atoms with Gasteiger partial charge in [-0.3, -0.25) is 4.79 Å². The molecule has 1 aliphatic heterocycles. The van der Waals surface area contributed by atoms with Crippen molar-refractivity contribution in [3.63, 3.8) is 0 Å². The minimum absolute atomic E-state index is 0.0509. The Kier molecular flexibility index (Phi) is 6.23. The molecule has 0 bridgehead atoms. The monoisotopic (exact) mass is 311 g/mol. The molecule has 122 valence electrons. The first kappa shape index (κ1) is 18.4. The number of hydrogen-bond acceptors (Lipinski definition) is 2. The third kappa shape index (κ3) is 4.96. The van der Waals surface area contributed by atoms with Crippen LogP contribution >= 0.6 is 0 Å². The number of hydrogen-bond donors (Lipinski definition) is 0. The molecule has 1 aliphatic rings. The maximum atomic E-state index is 12.3. The van der Waals surface area contributed by atoms with E-state index in [1.54, 1.807) is 0 Å². The third-order valence-corrected chi connectivity index (χ3v) is 9.63. The number of likely N-dealkylation sites (tertiary alicyclic amines) is 1. The van der Waals surface area contributed by atoms with Crippen molar-refractivity contribution in [2.45, 2.75) is 71.2 Å². The molecule has 1 heterocycles. The summed E-state index contributed by atoms with van der Waals surface area (Å²) in [6.07, 6.45) is 4.75. The molecule has 1 saturated heterocycles. The van der Waals surface area contributed by atoms with Crippen LogP contribution in [0.1, 0.15) is 47.0 Å². The summed E-state index contributed by atoms with van der Waals surface area (Å²) in [5.41, 5.74) is 0. The van der Waals surface area contributed by atoms with E-state index in [4.69, 9.17) is 4.43 Å². The highest BCUT2D eigenvalue weighted by atomic mass is 28.4. The lowest BCUT2D eigenvalue weighted by atomic mass is 9.99. The van der Waals surface area contributed by atoms with E-state index in [0.29, 0.717) is 6.42 Å². The molecule has 0 aromatic rings. The van der Waals surface area contributed by atoms with Gasteiger partial charge in [-0.1, -0.05) is 26.8 Å². The number of carbonyl (C=O) groups is 1. The van der Waals surface area contributed by atoms with Crippen LogP contribution in [0.4, 0.5) is 0 Å². The van der Waals surface area contributed by atoms with Gasteiger partial charge in [0, 0.05) is 31.5 Å². The maximum Gasteiger partial charge on any atom is 0.223 e. The van der Waals surface area contributed by atoms with Gasteiger partial charge in [0.25, 0.3) is 0 Å². The molecule has 0 radical (unpaired) electrons. The highest BCUT2D eigenvalue weighted by Crippen LogP contribution is 2.38. The summed E-state index contributed by atoms with van der Waals surface area (Å²) in [5.74, 6) is 0.357. The first-order valence-corrected chi connectivity index (χ1v) is 11.1. The van der Waals surface area contributed by atoms with Gasteiger partial charge in [0.05, 0.1) is 0 Å². The fourth-order valence-corrected chi connectivity index (χ4v) is 3.92. The van der Waals surface area contributed by atoms with Crippen molar-refractivity contribution in [3.05, 3.63) is 12.7 Å². The topological polar surface area (TPSA) is 29.5 Å². The van der Waals surface area contributed by atoms with Crippen molar-refractivity contribution in [1.29, 1.82) is 0 Å². The Labute approximate surface area is 131 Å². The maximum absolute atomic E-state index is 12.3. The fourth-order valence-electron chi connectivity index (χ4n) is 2.47. The lowest BCUT2D eigenvalue weighted by Gasteiger charge is -2.40. The van der Waals surface area contributed by atoms with Crippen molar-refractivity contribution >= 4 is 14.2 Å². The molecule has 4 heteroatoms. The summed E-state index contributed by atoms with van der Waals surface area (Å²) in [6.45, 7) is 19.1. The Bertz CT molecular complexity index is 367. The molecular weight excluding hydrogens is 278 g/mol. The normalized spacial score (nSPS) is 19.4. The Morgan fingerprint density at radius 1 is 1.33 bits per heavy atom. The summed E-state index contributed by atoms with van der Waals surface area (Å²) in [7, 11) is -1.80. The largest absolute Gasteiger partial charge is 0.414 e. The predicted octanol–water partition coefficient (Wildman–Crippen LogP) is 4.21.